The zero-order valence-corrected chi connectivity index (χ0v) is 14.7. The van der Waals surface area contributed by atoms with Crippen molar-refractivity contribution in [3.05, 3.63) is 27.8 Å². The molecule has 0 unspecified atom stereocenters. The lowest BCUT2D eigenvalue weighted by Crippen LogP contribution is -2.40. The molecule has 3 aliphatic rings. The van der Waals surface area contributed by atoms with E-state index in [0.717, 1.165) is 15.7 Å². The molecule has 2 aliphatic carbocycles. The van der Waals surface area contributed by atoms with E-state index in [1.165, 1.54) is 0 Å². The Hall–Kier alpha value is -0.630. The summed E-state index contributed by atoms with van der Waals surface area (Å²) >= 11 is 5.84. The largest absolute Gasteiger partial charge is 0.461 e. The zero-order chi connectivity index (χ0) is 14.7. The van der Waals surface area contributed by atoms with E-state index in [4.69, 9.17) is 4.74 Å². The number of benzene rings is 1. The number of fused-ring (bicyclic) bond motifs is 1. The van der Waals surface area contributed by atoms with Gasteiger partial charge in [0.2, 0.25) is 5.91 Å². The number of ether oxygens (including phenoxy) is 1. The van der Waals surface area contributed by atoms with Gasteiger partial charge in [0.25, 0.3) is 0 Å². The third-order valence-electron chi connectivity index (χ3n) is 4.94. The molecule has 1 heterocycles. The molecule has 110 valence electrons. The normalized spacial score (nSPS) is 39.4. The lowest BCUT2D eigenvalue weighted by atomic mass is 9.79. The van der Waals surface area contributed by atoms with Crippen LogP contribution in [0.4, 0.5) is 5.69 Å². The van der Waals surface area contributed by atoms with Crippen LogP contribution in [0.3, 0.4) is 0 Å². The maximum absolute atomic E-state index is 12.6. The summed E-state index contributed by atoms with van der Waals surface area (Å²) in [4.78, 5) is 24.8. The third-order valence-corrected chi connectivity index (χ3v) is 6.86. The van der Waals surface area contributed by atoms with Crippen molar-refractivity contribution >= 4 is 56.1 Å². The van der Waals surface area contributed by atoms with E-state index in [1.807, 2.05) is 24.3 Å². The summed E-state index contributed by atoms with van der Waals surface area (Å²) in [5, 5.41) is 2.95. The van der Waals surface area contributed by atoms with Crippen molar-refractivity contribution < 1.29 is 14.3 Å². The standard InChI is InChI=1S/C15H13BrINO3/c16-12-8-5-9-11(15(20)21-13(9)12)10(8)14(19)18-7-3-1-6(17)2-4-7/h1-4,8-13H,5H2,(H,18,19)/t8-,9-,10-,11-,12+,13+/m1/s1. The average molecular weight is 462 g/mol. The predicted molar refractivity (Wildman–Crippen MR) is 89.0 cm³/mol. The molecule has 21 heavy (non-hydrogen) atoms. The highest BCUT2D eigenvalue weighted by Gasteiger charge is 2.67. The number of alkyl halides is 1. The lowest BCUT2D eigenvalue weighted by molar-refractivity contribution is -0.145. The molecule has 1 aromatic carbocycles. The molecule has 6 atom stereocenters. The van der Waals surface area contributed by atoms with Gasteiger partial charge in [-0.1, -0.05) is 15.9 Å². The van der Waals surface area contributed by atoms with Crippen molar-refractivity contribution in [1.29, 1.82) is 0 Å². The molecule has 1 aliphatic heterocycles. The Morgan fingerprint density at radius 3 is 2.71 bits per heavy atom. The second-order valence-corrected chi connectivity index (χ2v) is 8.26. The van der Waals surface area contributed by atoms with Gasteiger partial charge in [0, 0.05) is 15.2 Å². The highest BCUT2D eigenvalue weighted by molar-refractivity contribution is 14.1. The van der Waals surface area contributed by atoms with Crippen molar-refractivity contribution in [1.82, 2.24) is 0 Å². The van der Waals surface area contributed by atoms with E-state index in [0.29, 0.717) is 0 Å². The van der Waals surface area contributed by atoms with Crippen LogP contribution >= 0.6 is 38.5 Å². The van der Waals surface area contributed by atoms with Gasteiger partial charge in [-0.25, -0.2) is 0 Å². The Bertz CT molecular complexity index is 620. The van der Waals surface area contributed by atoms with E-state index >= 15 is 0 Å². The molecule has 3 fully saturated rings. The first kappa shape index (κ1) is 14.0. The van der Waals surface area contributed by atoms with Crippen LogP contribution < -0.4 is 5.32 Å². The molecule has 6 heteroatoms. The molecule has 4 nitrogen and oxygen atoms in total. The number of hydrogen-bond acceptors (Lipinski definition) is 3. The van der Waals surface area contributed by atoms with Gasteiger partial charge in [0.05, 0.1) is 16.7 Å². The number of amides is 1. The van der Waals surface area contributed by atoms with Crippen LogP contribution in [0.25, 0.3) is 0 Å². The first-order valence-corrected chi connectivity index (χ1v) is 8.96. The van der Waals surface area contributed by atoms with Crippen molar-refractivity contribution in [2.75, 3.05) is 5.32 Å². The SMILES string of the molecule is O=C(Nc1ccc(I)cc1)[C@@H]1[C@H]2C[C@H]3[C@H](OC(=O)[C@H]31)[C@H]2Br. The molecule has 1 saturated heterocycles. The van der Waals surface area contributed by atoms with Crippen LogP contribution in [-0.4, -0.2) is 22.8 Å². The molecule has 2 bridgehead atoms. The fourth-order valence-corrected chi connectivity index (χ4v) is 5.49. The summed E-state index contributed by atoms with van der Waals surface area (Å²) in [6, 6.07) is 7.66. The first-order chi connectivity index (χ1) is 10.1. The number of nitrogens with one attached hydrogen (secondary N) is 1. The predicted octanol–water partition coefficient (Wildman–Crippen LogP) is 2.80. The molecule has 1 N–H and O–H groups in total. The van der Waals surface area contributed by atoms with Crippen LogP contribution in [0.15, 0.2) is 24.3 Å². The highest BCUT2D eigenvalue weighted by Crippen LogP contribution is 2.60. The van der Waals surface area contributed by atoms with Gasteiger partial charge in [0.1, 0.15) is 6.10 Å². The van der Waals surface area contributed by atoms with Gasteiger partial charge >= 0.3 is 5.97 Å². The van der Waals surface area contributed by atoms with Crippen LogP contribution in [0.5, 0.6) is 0 Å². The summed E-state index contributed by atoms with van der Waals surface area (Å²) in [6.07, 6.45) is 0.872. The summed E-state index contributed by atoms with van der Waals surface area (Å²) < 4.78 is 6.55. The Kier molecular flexibility index (Phi) is 3.29. The molecule has 0 radical (unpaired) electrons. The molecule has 2 saturated carbocycles. The maximum Gasteiger partial charge on any atom is 0.310 e. The number of esters is 1. The van der Waals surface area contributed by atoms with E-state index in [1.54, 1.807) is 0 Å². The topological polar surface area (TPSA) is 55.4 Å². The van der Waals surface area contributed by atoms with Gasteiger partial charge in [-0.05, 0) is 59.2 Å². The number of hydrogen-bond donors (Lipinski definition) is 1. The van der Waals surface area contributed by atoms with Gasteiger partial charge in [-0.2, -0.15) is 0 Å². The number of halogens is 2. The minimum atomic E-state index is -0.273. The Balaban J connectivity index is 1.57. The first-order valence-electron chi connectivity index (χ1n) is 6.97. The van der Waals surface area contributed by atoms with E-state index < -0.39 is 0 Å². The molecule has 1 amide bonds. The third kappa shape index (κ3) is 2.05. The molecule has 0 aromatic heterocycles. The summed E-state index contributed by atoms with van der Waals surface area (Å²) in [6.45, 7) is 0. The molecule has 0 spiro atoms. The quantitative estimate of drug-likeness (QED) is 0.418. The van der Waals surface area contributed by atoms with Crippen molar-refractivity contribution in [2.24, 2.45) is 23.7 Å². The Morgan fingerprint density at radius 2 is 2.00 bits per heavy atom. The van der Waals surface area contributed by atoms with Gasteiger partial charge in [-0.3, -0.25) is 9.59 Å². The van der Waals surface area contributed by atoms with Crippen LogP contribution in [0.1, 0.15) is 6.42 Å². The number of anilines is 1. The Labute approximate surface area is 144 Å². The lowest BCUT2D eigenvalue weighted by Gasteiger charge is -2.27. The van der Waals surface area contributed by atoms with Crippen molar-refractivity contribution in [3.8, 4) is 0 Å². The fraction of sp³-hybridized carbons (Fsp3) is 0.467. The minimum Gasteiger partial charge on any atom is -0.461 e. The second kappa shape index (κ2) is 4.94. The summed E-state index contributed by atoms with van der Waals surface area (Å²) in [5.41, 5.74) is 0.775. The van der Waals surface area contributed by atoms with E-state index in [2.05, 4.69) is 43.8 Å². The van der Waals surface area contributed by atoms with Crippen molar-refractivity contribution in [2.45, 2.75) is 17.4 Å². The molecular weight excluding hydrogens is 449 g/mol. The minimum absolute atomic E-state index is 0.0325. The smallest absolute Gasteiger partial charge is 0.310 e. The summed E-state index contributed by atoms with van der Waals surface area (Å²) in [7, 11) is 0. The number of carbonyl (C=O) groups is 2. The average Bonchev–Trinajstić information content (AvgIpc) is 3.05. The van der Waals surface area contributed by atoms with Crippen LogP contribution in [0, 0.1) is 27.2 Å². The number of rotatable bonds is 2. The van der Waals surface area contributed by atoms with E-state index in [-0.39, 0.29) is 46.5 Å². The van der Waals surface area contributed by atoms with Gasteiger partial charge in [0.15, 0.2) is 0 Å². The van der Waals surface area contributed by atoms with Gasteiger partial charge in [-0.15, -0.1) is 0 Å². The molecule has 1 aromatic rings. The van der Waals surface area contributed by atoms with Crippen molar-refractivity contribution in [3.63, 3.8) is 0 Å². The van der Waals surface area contributed by atoms with Crippen LogP contribution in [-0.2, 0) is 14.3 Å². The van der Waals surface area contributed by atoms with Gasteiger partial charge < -0.3 is 10.1 Å². The number of carbonyl (C=O) groups excluding carboxylic acids is 2. The highest BCUT2D eigenvalue weighted by atomic mass is 127. The molecular formula is C15H13BrINO3. The van der Waals surface area contributed by atoms with Crippen LogP contribution in [0.2, 0.25) is 0 Å². The van der Waals surface area contributed by atoms with E-state index in [9.17, 15) is 9.59 Å². The fourth-order valence-electron chi connectivity index (χ4n) is 4.09. The maximum atomic E-state index is 12.6. The Morgan fingerprint density at radius 1 is 1.29 bits per heavy atom. The summed E-state index contributed by atoms with van der Waals surface area (Å²) in [5.74, 6) is -0.380. The monoisotopic (exact) mass is 461 g/mol. The second-order valence-electron chi connectivity index (χ2n) is 5.96. The molecule has 4 rings (SSSR count). The zero-order valence-electron chi connectivity index (χ0n) is 11.0.